The molecule has 1 N–H and O–H groups in total. The van der Waals surface area contributed by atoms with Crippen LogP contribution in [0.2, 0.25) is 0 Å². The van der Waals surface area contributed by atoms with E-state index in [0.717, 1.165) is 12.1 Å². The number of aromatic nitrogens is 2. The average molecular weight is 397 g/mol. The lowest BCUT2D eigenvalue weighted by atomic mass is 9.92. The van der Waals surface area contributed by atoms with Crippen molar-refractivity contribution in [2.75, 3.05) is 16.8 Å². The minimum absolute atomic E-state index is 0.0598. The van der Waals surface area contributed by atoms with Crippen molar-refractivity contribution >= 4 is 21.6 Å². The second kappa shape index (κ2) is 6.70. The number of carbonyl (C=O) groups is 1. The van der Waals surface area contributed by atoms with E-state index in [-0.39, 0.29) is 22.5 Å². The zero-order valence-corrected chi connectivity index (χ0v) is 16.1. The molecule has 9 heteroatoms. The van der Waals surface area contributed by atoms with Crippen LogP contribution in [0.15, 0.2) is 24.3 Å². The lowest BCUT2D eigenvalue weighted by molar-refractivity contribution is 0.102. The fourth-order valence-corrected chi connectivity index (χ4v) is 4.67. The number of carbonyl (C=O) groups excluding carboxylic acids is 1. The molecule has 1 aliphatic rings. The molecule has 1 aromatic carbocycles. The Hall–Kier alpha value is -2.29. The Bertz CT molecular complexity index is 974. The van der Waals surface area contributed by atoms with Gasteiger partial charge in [0.25, 0.3) is 5.91 Å². The second-order valence-corrected chi connectivity index (χ2v) is 10.0. The summed E-state index contributed by atoms with van der Waals surface area (Å²) >= 11 is 0. The first-order valence-electron chi connectivity index (χ1n) is 8.52. The highest BCUT2D eigenvalue weighted by Gasteiger charge is 2.33. The molecule has 0 spiro atoms. The molecule has 27 heavy (non-hydrogen) atoms. The summed E-state index contributed by atoms with van der Waals surface area (Å²) in [4.78, 5) is 12.5. The highest BCUT2D eigenvalue weighted by Crippen LogP contribution is 2.31. The van der Waals surface area contributed by atoms with Gasteiger partial charge >= 0.3 is 0 Å². The number of halogens is 2. The monoisotopic (exact) mass is 397 g/mol. The summed E-state index contributed by atoms with van der Waals surface area (Å²) in [5, 5.41) is 7.11. The van der Waals surface area contributed by atoms with Gasteiger partial charge in [0.2, 0.25) is 0 Å². The van der Waals surface area contributed by atoms with E-state index in [1.165, 1.54) is 4.68 Å². The van der Waals surface area contributed by atoms with Gasteiger partial charge in [0.1, 0.15) is 17.5 Å². The zero-order chi connectivity index (χ0) is 20.0. The number of amides is 1. The third-order valence-electron chi connectivity index (χ3n) is 4.42. The van der Waals surface area contributed by atoms with Crippen molar-refractivity contribution in [3.63, 3.8) is 0 Å². The summed E-state index contributed by atoms with van der Waals surface area (Å²) in [7, 11) is -3.15. The Balaban J connectivity index is 1.96. The van der Waals surface area contributed by atoms with E-state index in [2.05, 4.69) is 10.4 Å². The molecule has 6 nitrogen and oxygen atoms in total. The molecule has 0 bridgehead atoms. The van der Waals surface area contributed by atoms with Gasteiger partial charge in [0, 0.05) is 23.1 Å². The Morgan fingerprint density at radius 2 is 1.81 bits per heavy atom. The summed E-state index contributed by atoms with van der Waals surface area (Å²) < 4.78 is 52.0. The number of nitrogens with zero attached hydrogens (tertiary/aromatic N) is 2. The Kier molecular flexibility index (Phi) is 4.83. The lowest BCUT2D eigenvalue weighted by Crippen LogP contribution is -2.20. The fourth-order valence-electron chi connectivity index (χ4n) is 2.97. The molecule has 1 aliphatic heterocycles. The molecular formula is C18H21F2N3O3S. The van der Waals surface area contributed by atoms with Crippen LogP contribution < -0.4 is 5.32 Å². The summed E-state index contributed by atoms with van der Waals surface area (Å²) in [6.07, 6.45) is 0.394. The van der Waals surface area contributed by atoms with Gasteiger partial charge in [-0.25, -0.2) is 21.9 Å². The number of hydrogen-bond donors (Lipinski definition) is 1. The molecule has 1 amide bonds. The maximum Gasteiger partial charge on any atom is 0.257 e. The van der Waals surface area contributed by atoms with Gasteiger partial charge in [0.15, 0.2) is 9.84 Å². The predicted molar refractivity (Wildman–Crippen MR) is 97.5 cm³/mol. The minimum Gasteiger partial charge on any atom is -0.307 e. The second-order valence-electron chi connectivity index (χ2n) is 7.78. The molecule has 3 rings (SSSR count). The van der Waals surface area contributed by atoms with Crippen LogP contribution in [-0.4, -0.2) is 35.6 Å². The van der Waals surface area contributed by atoms with E-state index < -0.39 is 33.4 Å². The van der Waals surface area contributed by atoms with Gasteiger partial charge in [-0.2, -0.15) is 5.10 Å². The number of benzene rings is 1. The normalized spacial score (nSPS) is 19.2. The minimum atomic E-state index is -3.15. The SMILES string of the molecule is CC(C)(C)c1cc(NC(=O)c2cc(F)cc(F)c2)n(C2CCS(=O)(=O)C2)n1. The van der Waals surface area contributed by atoms with Gasteiger partial charge in [-0.1, -0.05) is 20.8 Å². The van der Waals surface area contributed by atoms with Crippen LogP contribution in [0.25, 0.3) is 0 Å². The molecule has 1 atom stereocenters. The van der Waals surface area contributed by atoms with Crippen LogP contribution in [0.3, 0.4) is 0 Å². The summed E-state index contributed by atoms with van der Waals surface area (Å²) in [5.41, 5.74) is 0.178. The first kappa shape index (κ1) is 19.5. The molecular weight excluding hydrogens is 376 g/mol. The Morgan fingerprint density at radius 3 is 2.33 bits per heavy atom. The largest absolute Gasteiger partial charge is 0.307 e. The van der Waals surface area contributed by atoms with Crippen LogP contribution in [0, 0.1) is 11.6 Å². The Labute approximate surface area is 156 Å². The summed E-state index contributed by atoms with van der Waals surface area (Å²) in [5.74, 6) is -2.11. The molecule has 2 heterocycles. The third kappa shape index (κ3) is 4.35. The van der Waals surface area contributed by atoms with Gasteiger partial charge in [-0.05, 0) is 18.6 Å². The zero-order valence-electron chi connectivity index (χ0n) is 15.3. The topological polar surface area (TPSA) is 81.1 Å². The Morgan fingerprint density at radius 1 is 1.19 bits per heavy atom. The molecule has 0 aliphatic carbocycles. The maximum atomic E-state index is 13.4. The highest BCUT2D eigenvalue weighted by atomic mass is 32.2. The van der Waals surface area contributed by atoms with E-state index >= 15 is 0 Å². The summed E-state index contributed by atoms with van der Waals surface area (Å²) in [6.45, 7) is 5.83. The van der Waals surface area contributed by atoms with Crippen molar-refractivity contribution in [1.82, 2.24) is 9.78 Å². The molecule has 0 radical (unpaired) electrons. The van der Waals surface area contributed by atoms with Crippen molar-refractivity contribution in [3.05, 3.63) is 47.2 Å². The van der Waals surface area contributed by atoms with E-state index in [1.807, 2.05) is 20.8 Å². The predicted octanol–water partition coefficient (Wildman–Crippen LogP) is 3.07. The van der Waals surface area contributed by atoms with Crippen LogP contribution >= 0.6 is 0 Å². The van der Waals surface area contributed by atoms with Crippen LogP contribution in [0.4, 0.5) is 14.6 Å². The number of rotatable bonds is 3. The van der Waals surface area contributed by atoms with Gasteiger partial charge in [-0.3, -0.25) is 4.79 Å². The van der Waals surface area contributed by atoms with Crippen LogP contribution in [0.1, 0.15) is 49.3 Å². The van der Waals surface area contributed by atoms with Crippen LogP contribution in [-0.2, 0) is 15.3 Å². The van der Waals surface area contributed by atoms with E-state index in [0.29, 0.717) is 24.0 Å². The standard InChI is InChI=1S/C18H21F2N3O3S/c1-18(2,3)15-9-16(23(22-15)14-4-5-27(25,26)10-14)21-17(24)11-6-12(19)8-13(20)7-11/h6-9,14H,4-5,10H2,1-3H3,(H,21,24). The highest BCUT2D eigenvalue weighted by molar-refractivity contribution is 7.91. The fraction of sp³-hybridized carbons (Fsp3) is 0.444. The maximum absolute atomic E-state index is 13.4. The van der Waals surface area contributed by atoms with Crippen molar-refractivity contribution in [1.29, 1.82) is 0 Å². The molecule has 0 saturated carbocycles. The molecule has 1 fully saturated rings. The van der Waals surface area contributed by atoms with Gasteiger partial charge in [0.05, 0.1) is 23.2 Å². The molecule has 1 saturated heterocycles. The quantitative estimate of drug-likeness (QED) is 0.863. The molecule has 1 unspecified atom stereocenters. The molecule has 2 aromatic rings. The lowest BCUT2D eigenvalue weighted by Gasteiger charge is -2.15. The van der Waals surface area contributed by atoms with Gasteiger partial charge < -0.3 is 5.32 Å². The van der Waals surface area contributed by atoms with Crippen molar-refractivity contribution in [2.24, 2.45) is 0 Å². The first-order valence-corrected chi connectivity index (χ1v) is 10.3. The van der Waals surface area contributed by atoms with E-state index in [1.54, 1.807) is 6.07 Å². The molecule has 146 valence electrons. The third-order valence-corrected chi connectivity index (χ3v) is 6.18. The van der Waals surface area contributed by atoms with E-state index in [9.17, 15) is 22.0 Å². The molecule has 1 aromatic heterocycles. The van der Waals surface area contributed by atoms with Gasteiger partial charge in [-0.15, -0.1) is 0 Å². The first-order chi connectivity index (χ1) is 12.4. The number of hydrogen-bond acceptors (Lipinski definition) is 4. The smallest absolute Gasteiger partial charge is 0.257 e. The van der Waals surface area contributed by atoms with Crippen molar-refractivity contribution in [2.45, 2.75) is 38.6 Å². The van der Waals surface area contributed by atoms with Crippen molar-refractivity contribution in [3.8, 4) is 0 Å². The van der Waals surface area contributed by atoms with Crippen LogP contribution in [0.5, 0.6) is 0 Å². The number of anilines is 1. The number of nitrogens with one attached hydrogen (secondary N) is 1. The summed E-state index contributed by atoms with van der Waals surface area (Å²) in [6, 6.07) is 3.82. The average Bonchev–Trinajstić information content (AvgIpc) is 3.09. The number of sulfone groups is 1. The van der Waals surface area contributed by atoms with E-state index in [4.69, 9.17) is 0 Å². The van der Waals surface area contributed by atoms with Crippen molar-refractivity contribution < 1.29 is 22.0 Å².